The van der Waals surface area contributed by atoms with Gasteiger partial charge in [0, 0.05) is 18.2 Å². The minimum Gasteiger partial charge on any atom is -0.276 e. The van der Waals surface area contributed by atoms with Gasteiger partial charge in [-0.25, -0.2) is 8.42 Å². The van der Waals surface area contributed by atoms with E-state index in [4.69, 9.17) is 11.6 Å². The van der Waals surface area contributed by atoms with Crippen molar-refractivity contribution in [3.8, 4) is 0 Å². The Balaban J connectivity index is 2.30. The van der Waals surface area contributed by atoms with Gasteiger partial charge in [0.05, 0.1) is 4.90 Å². The van der Waals surface area contributed by atoms with Crippen molar-refractivity contribution < 1.29 is 13.2 Å². The molecular weight excluding hydrogens is 286 g/mol. The standard InChI is InChI=1S/C13H16ClNO3S/c1-10-4-2-3-9-15(10)19(17,18)12-7-5-11(6-8-12)13(14)16/h5-8,10H,2-4,9H2,1H3/t10-/m0/s1. The molecule has 1 aliphatic rings. The summed E-state index contributed by atoms with van der Waals surface area (Å²) in [6.45, 7) is 2.48. The van der Waals surface area contributed by atoms with Crippen LogP contribution in [0.2, 0.25) is 0 Å². The summed E-state index contributed by atoms with van der Waals surface area (Å²) in [7, 11) is -3.47. The third-order valence-electron chi connectivity index (χ3n) is 3.43. The Kier molecular flexibility index (Phi) is 4.28. The van der Waals surface area contributed by atoms with E-state index in [-0.39, 0.29) is 10.9 Å². The lowest BCUT2D eigenvalue weighted by Crippen LogP contribution is -2.41. The second kappa shape index (κ2) is 5.61. The van der Waals surface area contributed by atoms with E-state index in [0.29, 0.717) is 12.1 Å². The zero-order chi connectivity index (χ0) is 14.0. The minimum absolute atomic E-state index is 0.0214. The van der Waals surface area contributed by atoms with Crippen molar-refractivity contribution >= 4 is 26.9 Å². The SMILES string of the molecule is C[C@H]1CCCCN1S(=O)(=O)c1ccc(C(=O)Cl)cc1. The Morgan fingerprint density at radius 1 is 1.26 bits per heavy atom. The van der Waals surface area contributed by atoms with Crippen LogP contribution in [-0.2, 0) is 10.0 Å². The number of sulfonamides is 1. The number of piperidine rings is 1. The van der Waals surface area contributed by atoms with E-state index in [1.54, 1.807) is 0 Å². The van der Waals surface area contributed by atoms with Crippen LogP contribution in [0.4, 0.5) is 0 Å². The summed E-state index contributed by atoms with van der Waals surface area (Å²) >= 11 is 5.34. The first-order chi connectivity index (χ1) is 8.93. The molecule has 2 rings (SSSR count). The first kappa shape index (κ1) is 14.5. The number of halogens is 1. The fourth-order valence-electron chi connectivity index (χ4n) is 2.32. The van der Waals surface area contributed by atoms with Gasteiger partial charge in [-0.15, -0.1) is 0 Å². The molecule has 0 spiro atoms. The van der Waals surface area contributed by atoms with E-state index >= 15 is 0 Å². The van der Waals surface area contributed by atoms with Gasteiger partial charge in [-0.05, 0) is 55.6 Å². The van der Waals surface area contributed by atoms with Gasteiger partial charge in [-0.3, -0.25) is 4.79 Å². The van der Waals surface area contributed by atoms with E-state index in [1.807, 2.05) is 6.92 Å². The minimum atomic E-state index is -3.47. The number of hydrogen-bond donors (Lipinski definition) is 0. The normalized spacial score (nSPS) is 21.3. The lowest BCUT2D eigenvalue weighted by atomic mass is 10.1. The van der Waals surface area contributed by atoms with Crippen LogP contribution in [0.5, 0.6) is 0 Å². The number of hydrogen-bond acceptors (Lipinski definition) is 3. The Hall–Kier alpha value is -0.910. The first-order valence-corrected chi connectivity index (χ1v) is 8.06. The third-order valence-corrected chi connectivity index (χ3v) is 5.68. The van der Waals surface area contributed by atoms with Crippen LogP contribution in [0.1, 0.15) is 36.5 Å². The molecule has 104 valence electrons. The molecule has 4 nitrogen and oxygen atoms in total. The highest BCUT2D eigenvalue weighted by molar-refractivity contribution is 7.89. The predicted molar refractivity (Wildman–Crippen MR) is 73.8 cm³/mol. The molecule has 1 atom stereocenters. The van der Waals surface area contributed by atoms with Crippen molar-refractivity contribution in [2.75, 3.05) is 6.54 Å². The van der Waals surface area contributed by atoms with Gasteiger partial charge in [-0.1, -0.05) is 6.42 Å². The monoisotopic (exact) mass is 301 g/mol. The summed E-state index contributed by atoms with van der Waals surface area (Å²) in [6, 6.07) is 5.78. The number of carbonyl (C=O) groups is 1. The summed E-state index contributed by atoms with van der Waals surface area (Å²) in [6.07, 6.45) is 2.84. The van der Waals surface area contributed by atoms with E-state index in [0.717, 1.165) is 19.3 Å². The van der Waals surface area contributed by atoms with Gasteiger partial charge in [0.1, 0.15) is 0 Å². The van der Waals surface area contributed by atoms with E-state index in [1.165, 1.54) is 28.6 Å². The summed E-state index contributed by atoms with van der Waals surface area (Å²) in [4.78, 5) is 11.2. The molecule has 0 unspecified atom stereocenters. The summed E-state index contributed by atoms with van der Waals surface area (Å²) < 4.78 is 26.5. The average Bonchev–Trinajstić information content (AvgIpc) is 2.39. The van der Waals surface area contributed by atoms with E-state index in [2.05, 4.69) is 0 Å². The lowest BCUT2D eigenvalue weighted by molar-refractivity contribution is 0.108. The van der Waals surface area contributed by atoms with Crippen molar-refractivity contribution in [2.45, 2.75) is 37.1 Å². The second-order valence-corrected chi connectivity index (χ2v) is 6.99. The van der Waals surface area contributed by atoms with Crippen molar-refractivity contribution in [3.63, 3.8) is 0 Å². The molecule has 0 amide bonds. The molecule has 0 radical (unpaired) electrons. The van der Waals surface area contributed by atoms with Crippen LogP contribution in [0, 0.1) is 0 Å². The molecule has 0 aromatic heterocycles. The number of rotatable bonds is 3. The Bertz CT molecular complexity index is 568. The summed E-state index contributed by atoms with van der Waals surface area (Å²) in [5.41, 5.74) is 0.298. The maximum Gasteiger partial charge on any atom is 0.252 e. The molecular formula is C13H16ClNO3S. The van der Waals surface area contributed by atoms with Crippen LogP contribution in [-0.4, -0.2) is 30.6 Å². The number of carbonyl (C=O) groups excluding carboxylic acids is 1. The molecule has 1 aromatic rings. The Labute approximate surface area is 118 Å². The van der Waals surface area contributed by atoms with Gasteiger partial charge < -0.3 is 0 Å². The fraction of sp³-hybridized carbons (Fsp3) is 0.462. The molecule has 6 heteroatoms. The van der Waals surface area contributed by atoms with Gasteiger partial charge >= 0.3 is 0 Å². The Morgan fingerprint density at radius 3 is 2.42 bits per heavy atom. The van der Waals surface area contributed by atoms with Crippen molar-refractivity contribution in [3.05, 3.63) is 29.8 Å². The van der Waals surface area contributed by atoms with Crippen molar-refractivity contribution in [1.82, 2.24) is 4.31 Å². The highest BCUT2D eigenvalue weighted by Crippen LogP contribution is 2.25. The van der Waals surface area contributed by atoms with Crippen molar-refractivity contribution in [2.24, 2.45) is 0 Å². The van der Waals surface area contributed by atoms with Gasteiger partial charge in [-0.2, -0.15) is 4.31 Å². The topological polar surface area (TPSA) is 54.5 Å². The lowest BCUT2D eigenvalue weighted by Gasteiger charge is -2.32. The number of benzene rings is 1. The Morgan fingerprint density at radius 2 is 1.89 bits per heavy atom. The van der Waals surface area contributed by atoms with Crippen LogP contribution in [0.3, 0.4) is 0 Å². The molecule has 0 saturated carbocycles. The van der Waals surface area contributed by atoms with Gasteiger partial charge in [0.2, 0.25) is 10.0 Å². The van der Waals surface area contributed by atoms with Gasteiger partial charge in [0.15, 0.2) is 0 Å². The van der Waals surface area contributed by atoms with Crippen LogP contribution < -0.4 is 0 Å². The van der Waals surface area contributed by atoms with Crippen LogP contribution in [0.15, 0.2) is 29.2 Å². The summed E-state index contributed by atoms with van der Waals surface area (Å²) in [5.74, 6) is 0. The maximum absolute atomic E-state index is 12.5. The molecule has 1 heterocycles. The van der Waals surface area contributed by atoms with E-state index < -0.39 is 15.3 Å². The molecule has 1 saturated heterocycles. The zero-order valence-electron chi connectivity index (χ0n) is 10.7. The molecule has 1 aromatic carbocycles. The molecule has 19 heavy (non-hydrogen) atoms. The summed E-state index contributed by atoms with van der Waals surface area (Å²) in [5, 5.41) is -0.588. The third kappa shape index (κ3) is 2.99. The first-order valence-electron chi connectivity index (χ1n) is 6.24. The quantitative estimate of drug-likeness (QED) is 0.807. The second-order valence-electron chi connectivity index (χ2n) is 4.76. The molecule has 0 aliphatic carbocycles. The predicted octanol–water partition coefficient (Wildman–Crippen LogP) is 2.63. The highest BCUT2D eigenvalue weighted by atomic mass is 35.5. The average molecular weight is 302 g/mol. The van der Waals surface area contributed by atoms with E-state index in [9.17, 15) is 13.2 Å². The zero-order valence-corrected chi connectivity index (χ0v) is 12.2. The largest absolute Gasteiger partial charge is 0.276 e. The highest BCUT2D eigenvalue weighted by Gasteiger charge is 2.30. The van der Waals surface area contributed by atoms with Crippen molar-refractivity contribution in [1.29, 1.82) is 0 Å². The molecule has 0 bridgehead atoms. The molecule has 0 N–H and O–H groups in total. The van der Waals surface area contributed by atoms with Crippen LogP contribution >= 0.6 is 11.6 Å². The van der Waals surface area contributed by atoms with Crippen LogP contribution in [0.25, 0.3) is 0 Å². The fourth-order valence-corrected chi connectivity index (χ4v) is 4.15. The molecule has 1 aliphatic heterocycles. The van der Waals surface area contributed by atoms with Gasteiger partial charge in [0.25, 0.3) is 5.24 Å². The smallest absolute Gasteiger partial charge is 0.252 e. The molecule has 1 fully saturated rings. The number of nitrogens with zero attached hydrogens (tertiary/aromatic N) is 1. The maximum atomic E-state index is 12.5.